The maximum absolute atomic E-state index is 13.9. The normalized spacial score (nSPS) is 14.5. The monoisotopic (exact) mass is 577 g/mol. The number of rotatable bonds is 14. The number of Topliss-reactive ketones (excluding diaryl/α,β-unsaturated/α-hetero) is 1. The van der Waals surface area contributed by atoms with Crippen molar-refractivity contribution < 1.29 is 28.6 Å². The van der Waals surface area contributed by atoms with Crippen LogP contribution in [0.15, 0.2) is 83.5 Å². The quantitative estimate of drug-likeness (QED) is 0.205. The summed E-state index contributed by atoms with van der Waals surface area (Å²) in [6.45, 7) is 9.42. The Morgan fingerprint density at radius 2 is 1.50 bits per heavy atom. The lowest BCUT2D eigenvalue weighted by atomic mass is 9.94. The first-order chi connectivity index (χ1) is 19.9. The molecule has 9 heteroatoms. The van der Waals surface area contributed by atoms with Crippen LogP contribution in [0.2, 0.25) is 0 Å². The number of aliphatic hydroxyl groups excluding tert-OH is 1. The fourth-order valence-corrected chi connectivity index (χ4v) is 4.56. The third-order valence-corrected chi connectivity index (χ3v) is 6.51. The van der Waals surface area contributed by atoms with E-state index in [4.69, 9.17) is 9.15 Å². The van der Waals surface area contributed by atoms with Gasteiger partial charge < -0.3 is 24.9 Å². The van der Waals surface area contributed by atoms with E-state index in [2.05, 4.69) is 16.0 Å². The zero-order chi connectivity index (χ0) is 30.7. The lowest BCUT2D eigenvalue weighted by molar-refractivity contribution is -0.127. The molecule has 0 unspecified atom stereocenters. The molecule has 3 aromatic rings. The molecule has 0 bridgehead atoms. The van der Waals surface area contributed by atoms with Gasteiger partial charge in [-0.3, -0.25) is 14.9 Å². The van der Waals surface area contributed by atoms with Crippen LogP contribution in [0.4, 0.5) is 4.79 Å². The second kappa shape index (κ2) is 15.3. The summed E-state index contributed by atoms with van der Waals surface area (Å²) in [5, 5.41) is 20.5. The molecule has 4 atom stereocenters. The van der Waals surface area contributed by atoms with Gasteiger partial charge in [-0.1, -0.05) is 74.5 Å². The second-order valence-electron chi connectivity index (χ2n) is 11.8. The first kappa shape index (κ1) is 32.6. The fraction of sp³-hybridized carbons (Fsp3) is 0.424. The average molecular weight is 578 g/mol. The summed E-state index contributed by atoms with van der Waals surface area (Å²) in [5.74, 6) is -0.697. The van der Waals surface area contributed by atoms with Crippen molar-refractivity contribution in [1.82, 2.24) is 16.0 Å². The van der Waals surface area contributed by atoms with Crippen LogP contribution in [0.5, 0.6) is 0 Å². The minimum absolute atomic E-state index is 0.0922. The molecule has 0 aliphatic heterocycles. The number of furan rings is 1. The van der Waals surface area contributed by atoms with Crippen molar-refractivity contribution in [3.63, 3.8) is 0 Å². The molecule has 0 aliphatic carbocycles. The van der Waals surface area contributed by atoms with Crippen molar-refractivity contribution in [1.29, 1.82) is 0 Å². The van der Waals surface area contributed by atoms with Crippen LogP contribution < -0.4 is 16.0 Å². The maximum Gasteiger partial charge on any atom is 0.407 e. The lowest BCUT2D eigenvalue weighted by Crippen LogP contribution is -2.61. The number of benzene rings is 2. The van der Waals surface area contributed by atoms with Crippen LogP contribution in [-0.2, 0) is 22.5 Å². The van der Waals surface area contributed by atoms with Crippen LogP contribution >= 0.6 is 0 Å². The summed E-state index contributed by atoms with van der Waals surface area (Å²) in [6, 6.07) is 19.0. The Morgan fingerprint density at radius 1 is 0.881 bits per heavy atom. The molecular formula is C33H43N3O6. The van der Waals surface area contributed by atoms with Gasteiger partial charge in [-0.2, -0.15) is 0 Å². The van der Waals surface area contributed by atoms with Crippen molar-refractivity contribution in [3.8, 4) is 0 Å². The van der Waals surface area contributed by atoms with Crippen LogP contribution in [-0.4, -0.2) is 52.7 Å². The predicted molar refractivity (Wildman–Crippen MR) is 161 cm³/mol. The number of hydrogen-bond donors (Lipinski definition) is 4. The highest BCUT2D eigenvalue weighted by atomic mass is 16.6. The number of alkyl carbamates (subject to hydrolysis) is 1. The van der Waals surface area contributed by atoms with Gasteiger partial charge >= 0.3 is 6.09 Å². The first-order valence-corrected chi connectivity index (χ1v) is 14.3. The molecule has 0 aliphatic rings. The second-order valence-corrected chi connectivity index (χ2v) is 11.8. The Hall–Kier alpha value is -3.95. The van der Waals surface area contributed by atoms with E-state index in [0.29, 0.717) is 6.42 Å². The number of amides is 2. The van der Waals surface area contributed by atoms with Gasteiger partial charge in [-0.25, -0.2) is 4.79 Å². The van der Waals surface area contributed by atoms with Gasteiger partial charge in [0.15, 0.2) is 5.76 Å². The number of ether oxygens (including phenoxy) is 1. The van der Waals surface area contributed by atoms with Gasteiger partial charge in [0, 0.05) is 6.54 Å². The zero-order valence-electron chi connectivity index (χ0n) is 25.0. The molecule has 0 saturated heterocycles. The third-order valence-electron chi connectivity index (χ3n) is 6.51. The minimum atomic E-state index is -1.39. The van der Waals surface area contributed by atoms with Crippen LogP contribution in [0.1, 0.15) is 62.7 Å². The van der Waals surface area contributed by atoms with Gasteiger partial charge in [0.25, 0.3) is 0 Å². The highest BCUT2D eigenvalue weighted by Gasteiger charge is 2.37. The third kappa shape index (κ3) is 10.5. The first-order valence-electron chi connectivity index (χ1n) is 14.3. The molecule has 226 valence electrons. The number of carbonyl (C=O) groups excluding carboxylic acids is 3. The van der Waals surface area contributed by atoms with Crippen molar-refractivity contribution in [2.75, 3.05) is 0 Å². The highest BCUT2D eigenvalue weighted by Crippen LogP contribution is 2.16. The summed E-state index contributed by atoms with van der Waals surface area (Å²) in [6.07, 6.45) is -0.0866. The van der Waals surface area contributed by atoms with Crippen molar-refractivity contribution >= 4 is 17.8 Å². The van der Waals surface area contributed by atoms with Gasteiger partial charge in [0.1, 0.15) is 11.6 Å². The van der Waals surface area contributed by atoms with Crippen LogP contribution in [0.3, 0.4) is 0 Å². The standard InChI is InChI=1S/C33H43N3O6/c1-22(2)19-25(29(37)27-17-12-18-41-27)35-31(39)28(34-21-24-15-10-7-11-16-24)30(38)26(20-23-13-8-6-9-14-23)36-32(40)42-33(3,4)5/h6-18,22,25-26,28,30,34,38H,19-21H2,1-5H3,(H,35,39)(H,36,40)/t25-,26-,28+,30+/m0/s1. The largest absolute Gasteiger partial charge is 0.461 e. The van der Waals surface area contributed by atoms with E-state index in [-0.39, 0.29) is 30.4 Å². The summed E-state index contributed by atoms with van der Waals surface area (Å²) >= 11 is 0. The van der Waals surface area contributed by atoms with Crippen molar-refractivity contribution in [2.24, 2.45) is 5.92 Å². The molecule has 3 rings (SSSR count). The Bertz CT molecular complexity index is 1260. The van der Waals surface area contributed by atoms with Crippen molar-refractivity contribution in [2.45, 2.75) is 83.8 Å². The van der Waals surface area contributed by atoms with Gasteiger partial charge in [-0.15, -0.1) is 0 Å². The van der Waals surface area contributed by atoms with Crippen LogP contribution in [0.25, 0.3) is 0 Å². The van der Waals surface area contributed by atoms with Crippen molar-refractivity contribution in [3.05, 3.63) is 95.9 Å². The molecule has 1 aromatic heterocycles. The van der Waals surface area contributed by atoms with E-state index in [0.717, 1.165) is 11.1 Å². The smallest absolute Gasteiger partial charge is 0.407 e. The maximum atomic E-state index is 13.9. The molecule has 2 amide bonds. The minimum Gasteiger partial charge on any atom is -0.461 e. The summed E-state index contributed by atoms with van der Waals surface area (Å²) < 4.78 is 10.8. The van der Waals surface area contributed by atoms with Gasteiger partial charge in [-0.05, 0) is 62.8 Å². The summed E-state index contributed by atoms with van der Waals surface area (Å²) in [5.41, 5.74) is 0.989. The molecule has 42 heavy (non-hydrogen) atoms. The Morgan fingerprint density at radius 3 is 2.05 bits per heavy atom. The lowest BCUT2D eigenvalue weighted by Gasteiger charge is -2.32. The topological polar surface area (TPSA) is 130 Å². The number of hydrogen-bond acceptors (Lipinski definition) is 7. The predicted octanol–water partition coefficient (Wildman–Crippen LogP) is 4.65. The molecule has 1 heterocycles. The number of aliphatic hydroxyl groups is 1. The summed E-state index contributed by atoms with van der Waals surface area (Å²) in [4.78, 5) is 40.0. The molecule has 2 aromatic carbocycles. The SMILES string of the molecule is CC(C)C[C@H](NC(=O)[C@H](NCc1ccccc1)[C@H](O)[C@H](Cc1ccccc1)NC(=O)OC(C)(C)C)C(=O)c1ccco1. The molecular weight excluding hydrogens is 534 g/mol. The van der Waals surface area contributed by atoms with Gasteiger partial charge in [0.2, 0.25) is 11.7 Å². The van der Waals surface area contributed by atoms with E-state index in [1.54, 1.807) is 32.9 Å². The van der Waals surface area contributed by atoms with E-state index in [1.807, 2.05) is 74.5 Å². The molecule has 9 nitrogen and oxygen atoms in total. The molecule has 0 spiro atoms. The molecule has 0 saturated carbocycles. The summed E-state index contributed by atoms with van der Waals surface area (Å²) in [7, 11) is 0. The fourth-order valence-electron chi connectivity index (χ4n) is 4.56. The zero-order valence-corrected chi connectivity index (χ0v) is 25.0. The van der Waals surface area contributed by atoms with E-state index in [9.17, 15) is 19.5 Å². The van der Waals surface area contributed by atoms with E-state index in [1.165, 1.54) is 6.26 Å². The van der Waals surface area contributed by atoms with E-state index < -0.39 is 41.8 Å². The number of nitrogens with one attached hydrogen (secondary N) is 3. The highest BCUT2D eigenvalue weighted by molar-refractivity contribution is 6.00. The Kier molecular flexibility index (Phi) is 11.9. The van der Waals surface area contributed by atoms with Gasteiger partial charge in [0.05, 0.1) is 24.5 Å². The molecule has 0 radical (unpaired) electrons. The molecule has 4 N–H and O–H groups in total. The van der Waals surface area contributed by atoms with E-state index >= 15 is 0 Å². The Labute approximate surface area is 248 Å². The Balaban J connectivity index is 1.91. The average Bonchev–Trinajstić information content (AvgIpc) is 3.47. The number of carbonyl (C=O) groups is 3. The molecule has 0 fully saturated rings. The number of ketones is 1. The van der Waals surface area contributed by atoms with Crippen LogP contribution in [0, 0.1) is 5.92 Å².